The van der Waals surface area contributed by atoms with E-state index in [-0.39, 0.29) is 11.9 Å². The Kier molecular flexibility index (Phi) is 6.56. The first-order valence-electron chi connectivity index (χ1n) is 6.40. The molecule has 0 saturated carbocycles. The SMILES string of the molecule is CCOC(=O)C(C)CSc1cc(OCC)ccc1N. The summed E-state index contributed by atoms with van der Waals surface area (Å²) >= 11 is 1.54. The molecule has 0 bridgehead atoms. The number of nitrogens with two attached hydrogens (primary N) is 1. The van der Waals surface area contributed by atoms with Crippen LogP contribution in [-0.2, 0) is 9.53 Å². The minimum absolute atomic E-state index is 0.153. The molecule has 0 aliphatic heterocycles. The van der Waals surface area contributed by atoms with Crippen LogP contribution in [0.1, 0.15) is 20.8 Å². The molecule has 0 saturated heterocycles. The molecule has 0 aromatic heterocycles. The van der Waals surface area contributed by atoms with Gasteiger partial charge in [-0.3, -0.25) is 4.79 Å². The highest BCUT2D eigenvalue weighted by Crippen LogP contribution is 2.30. The van der Waals surface area contributed by atoms with Crippen LogP contribution in [0.5, 0.6) is 5.75 Å². The molecule has 4 nitrogen and oxygen atoms in total. The van der Waals surface area contributed by atoms with E-state index in [2.05, 4.69) is 0 Å². The third-order valence-corrected chi connectivity index (χ3v) is 3.81. The maximum absolute atomic E-state index is 11.5. The van der Waals surface area contributed by atoms with E-state index in [9.17, 15) is 4.79 Å². The number of anilines is 1. The van der Waals surface area contributed by atoms with Crippen molar-refractivity contribution in [2.75, 3.05) is 24.7 Å². The van der Waals surface area contributed by atoms with Gasteiger partial charge in [0.1, 0.15) is 5.75 Å². The summed E-state index contributed by atoms with van der Waals surface area (Å²) in [5.74, 6) is 1.11. The zero-order chi connectivity index (χ0) is 14.3. The van der Waals surface area contributed by atoms with Gasteiger partial charge in [0.25, 0.3) is 0 Å². The first kappa shape index (κ1) is 15.7. The van der Waals surface area contributed by atoms with Crippen LogP contribution in [0.15, 0.2) is 23.1 Å². The Balaban J connectivity index is 2.61. The van der Waals surface area contributed by atoms with Gasteiger partial charge < -0.3 is 15.2 Å². The Morgan fingerprint density at radius 2 is 2.11 bits per heavy atom. The first-order valence-corrected chi connectivity index (χ1v) is 7.38. The lowest BCUT2D eigenvalue weighted by atomic mass is 10.2. The van der Waals surface area contributed by atoms with E-state index >= 15 is 0 Å². The van der Waals surface area contributed by atoms with Crippen LogP contribution in [0, 0.1) is 5.92 Å². The van der Waals surface area contributed by atoms with Gasteiger partial charge in [0.05, 0.1) is 19.1 Å². The maximum atomic E-state index is 11.5. The van der Waals surface area contributed by atoms with Crippen molar-refractivity contribution in [1.29, 1.82) is 0 Å². The summed E-state index contributed by atoms with van der Waals surface area (Å²) in [5, 5.41) is 0. The molecule has 0 heterocycles. The van der Waals surface area contributed by atoms with Crippen LogP contribution in [0.4, 0.5) is 5.69 Å². The Morgan fingerprint density at radius 3 is 2.74 bits per heavy atom. The Hall–Kier alpha value is -1.36. The third-order valence-electron chi connectivity index (χ3n) is 2.47. The van der Waals surface area contributed by atoms with E-state index in [4.69, 9.17) is 15.2 Å². The minimum atomic E-state index is -0.172. The molecule has 1 unspecified atom stereocenters. The van der Waals surface area contributed by atoms with Crippen molar-refractivity contribution in [2.24, 2.45) is 5.92 Å². The predicted molar refractivity (Wildman–Crippen MR) is 78.5 cm³/mol. The highest BCUT2D eigenvalue weighted by Gasteiger charge is 2.15. The first-order chi connectivity index (χ1) is 9.08. The summed E-state index contributed by atoms with van der Waals surface area (Å²) in [6, 6.07) is 5.57. The van der Waals surface area contributed by atoms with Crippen LogP contribution in [-0.4, -0.2) is 24.9 Å². The maximum Gasteiger partial charge on any atom is 0.309 e. The van der Waals surface area contributed by atoms with Gasteiger partial charge in [-0.1, -0.05) is 6.92 Å². The van der Waals surface area contributed by atoms with Gasteiger partial charge in [0, 0.05) is 16.3 Å². The van der Waals surface area contributed by atoms with E-state index in [1.165, 1.54) is 0 Å². The molecule has 0 spiro atoms. The molecule has 0 aliphatic rings. The number of esters is 1. The topological polar surface area (TPSA) is 61.5 Å². The lowest BCUT2D eigenvalue weighted by Crippen LogP contribution is -2.16. The highest BCUT2D eigenvalue weighted by molar-refractivity contribution is 7.99. The molecule has 5 heteroatoms. The zero-order valence-electron chi connectivity index (χ0n) is 11.6. The molecule has 1 aromatic rings. The van der Waals surface area contributed by atoms with Gasteiger partial charge in [0.15, 0.2) is 0 Å². The number of hydrogen-bond donors (Lipinski definition) is 1. The number of hydrogen-bond acceptors (Lipinski definition) is 5. The van der Waals surface area contributed by atoms with E-state index in [0.29, 0.717) is 24.7 Å². The predicted octanol–water partition coefficient (Wildman–Crippen LogP) is 2.96. The molecule has 2 N–H and O–H groups in total. The smallest absolute Gasteiger partial charge is 0.309 e. The summed E-state index contributed by atoms with van der Waals surface area (Å²) < 4.78 is 10.4. The van der Waals surface area contributed by atoms with Crippen molar-refractivity contribution in [3.8, 4) is 5.75 Å². The van der Waals surface area contributed by atoms with E-state index in [1.807, 2.05) is 32.0 Å². The van der Waals surface area contributed by atoms with Gasteiger partial charge in [0.2, 0.25) is 0 Å². The Morgan fingerprint density at radius 1 is 1.37 bits per heavy atom. The summed E-state index contributed by atoms with van der Waals surface area (Å²) in [5.41, 5.74) is 6.61. The van der Waals surface area contributed by atoms with E-state index in [1.54, 1.807) is 18.7 Å². The Labute approximate surface area is 118 Å². The number of nitrogen functional groups attached to an aromatic ring is 1. The second-order valence-corrected chi connectivity index (χ2v) is 5.16. The van der Waals surface area contributed by atoms with E-state index < -0.39 is 0 Å². The molecular formula is C14H21NO3S. The number of rotatable bonds is 7. The van der Waals surface area contributed by atoms with Crippen molar-refractivity contribution >= 4 is 23.4 Å². The summed E-state index contributed by atoms with van der Waals surface area (Å²) in [7, 11) is 0. The van der Waals surface area contributed by atoms with Gasteiger partial charge >= 0.3 is 5.97 Å². The second kappa shape index (κ2) is 7.94. The lowest BCUT2D eigenvalue weighted by molar-refractivity contribution is -0.146. The summed E-state index contributed by atoms with van der Waals surface area (Å²) in [6.45, 7) is 6.63. The molecule has 19 heavy (non-hydrogen) atoms. The van der Waals surface area contributed by atoms with E-state index in [0.717, 1.165) is 10.6 Å². The van der Waals surface area contributed by atoms with Gasteiger partial charge in [-0.05, 0) is 32.0 Å². The average Bonchev–Trinajstić information content (AvgIpc) is 2.39. The van der Waals surface area contributed by atoms with Gasteiger partial charge in [-0.25, -0.2) is 0 Å². The highest BCUT2D eigenvalue weighted by atomic mass is 32.2. The molecule has 106 valence electrons. The van der Waals surface area contributed by atoms with Crippen molar-refractivity contribution in [3.63, 3.8) is 0 Å². The monoisotopic (exact) mass is 283 g/mol. The molecule has 0 fully saturated rings. The number of carbonyl (C=O) groups excluding carboxylic acids is 1. The molecule has 0 radical (unpaired) electrons. The molecular weight excluding hydrogens is 262 g/mol. The fourth-order valence-corrected chi connectivity index (χ4v) is 2.46. The largest absolute Gasteiger partial charge is 0.494 e. The normalized spacial score (nSPS) is 11.9. The number of ether oxygens (including phenoxy) is 2. The fourth-order valence-electron chi connectivity index (χ4n) is 1.46. The van der Waals surface area contributed by atoms with Crippen molar-refractivity contribution in [3.05, 3.63) is 18.2 Å². The molecule has 1 atom stereocenters. The molecule has 0 amide bonds. The van der Waals surface area contributed by atoms with Crippen molar-refractivity contribution < 1.29 is 14.3 Å². The van der Waals surface area contributed by atoms with Crippen LogP contribution in [0.25, 0.3) is 0 Å². The van der Waals surface area contributed by atoms with Crippen LogP contribution in [0.3, 0.4) is 0 Å². The summed E-state index contributed by atoms with van der Waals surface area (Å²) in [4.78, 5) is 12.5. The number of benzene rings is 1. The zero-order valence-corrected chi connectivity index (χ0v) is 12.5. The number of thioether (sulfide) groups is 1. The standard InChI is InChI=1S/C14H21NO3S/c1-4-17-11-6-7-12(15)13(8-11)19-9-10(3)14(16)18-5-2/h6-8,10H,4-5,9,15H2,1-3H3. The van der Waals surface area contributed by atoms with Gasteiger partial charge in [-0.2, -0.15) is 0 Å². The third kappa shape index (κ3) is 5.03. The van der Waals surface area contributed by atoms with Crippen molar-refractivity contribution in [1.82, 2.24) is 0 Å². The summed E-state index contributed by atoms with van der Waals surface area (Å²) in [6.07, 6.45) is 0. The molecule has 0 aliphatic carbocycles. The Bertz CT molecular complexity index is 423. The molecule has 1 rings (SSSR count). The van der Waals surface area contributed by atoms with Crippen LogP contribution >= 0.6 is 11.8 Å². The van der Waals surface area contributed by atoms with Crippen LogP contribution in [0.2, 0.25) is 0 Å². The fraction of sp³-hybridized carbons (Fsp3) is 0.500. The second-order valence-electron chi connectivity index (χ2n) is 4.10. The lowest BCUT2D eigenvalue weighted by Gasteiger charge is -2.12. The number of carbonyl (C=O) groups is 1. The quantitative estimate of drug-likeness (QED) is 0.473. The average molecular weight is 283 g/mol. The van der Waals surface area contributed by atoms with Gasteiger partial charge in [-0.15, -0.1) is 11.8 Å². The van der Waals surface area contributed by atoms with Crippen LogP contribution < -0.4 is 10.5 Å². The minimum Gasteiger partial charge on any atom is -0.494 e. The van der Waals surface area contributed by atoms with Crippen molar-refractivity contribution in [2.45, 2.75) is 25.7 Å². The molecule has 1 aromatic carbocycles.